The third kappa shape index (κ3) is 33.6. The molecule has 322 valence electrons. The van der Waals surface area contributed by atoms with E-state index < -0.39 is 27.0 Å². The Hall–Kier alpha value is -0.814. The number of unbranched alkanes of at least 4 members (excludes halogenated alkanes) is 28. The Balaban J connectivity index is 0.0000314. The van der Waals surface area contributed by atoms with Crippen molar-refractivity contribution in [1.29, 1.82) is 0 Å². The summed E-state index contributed by atoms with van der Waals surface area (Å²) in [5.41, 5.74) is -0.334. The first-order chi connectivity index (χ1) is 27.3. The van der Waals surface area contributed by atoms with Gasteiger partial charge in [0.1, 0.15) is 10.1 Å². The van der Waals surface area contributed by atoms with Crippen LogP contribution in [0.4, 0.5) is 0 Å². The van der Waals surface area contributed by atoms with Crippen molar-refractivity contribution in [3.05, 3.63) is 53.6 Å². The number of carbonyl (C=O) groups is 2. The van der Waals surface area contributed by atoms with Crippen LogP contribution in [-0.2, 0) is 19.6 Å². The molecule has 0 saturated heterocycles. The fraction of sp³-hybridized carbons (Fsp3) is 0.750. The first-order valence-electron chi connectivity index (χ1n) is 23.0. The monoisotopic (exact) mass is 841 g/mol. The van der Waals surface area contributed by atoms with Crippen LogP contribution in [0.2, 0.25) is 0 Å². The average Bonchev–Trinajstić information content (AvgIpc) is 3.18. The molecular formula is C48H81KO7S. The predicted molar refractivity (Wildman–Crippen MR) is 232 cm³/mol. The van der Waals surface area contributed by atoms with Crippen LogP contribution >= 0.6 is 0 Å². The number of carbonyl (C=O) groups excluding carboxylic acids is 2. The van der Waals surface area contributed by atoms with Crippen molar-refractivity contribution in [3.63, 3.8) is 0 Å². The average molecular weight is 841 g/mol. The van der Waals surface area contributed by atoms with E-state index in [1.165, 1.54) is 167 Å². The van der Waals surface area contributed by atoms with Crippen molar-refractivity contribution < 1.29 is 83.4 Å². The van der Waals surface area contributed by atoms with Gasteiger partial charge in [0.05, 0.1) is 29.2 Å². The topological polar surface area (TPSA) is 110 Å². The Morgan fingerprint density at radius 3 is 1.11 bits per heavy atom. The van der Waals surface area contributed by atoms with E-state index in [0.717, 1.165) is 44.2 Å². The van der Waals surface area contributed by atoms with Crippen LogP contribution in [0.1, 0.15) is 240 Å². The summed E-state index contributed by atoms with van der Waals surface area (Å²) in [7, 11) is -4.82. The van der Waals surface area contributed by atoms with Crippen LogP contribution in [0.3, 0.4) is 0 Å². The number of rotatable bonds is 39. The summed E-state index contributed by atoms with van der Waals surface area (Å²) in [5, 5.41) is 0. The Bertz CT molecular complexity index is 1280. The van der Waals surface area contributed by atoms with Crippen molar-refractivity contribution >= 4 is 22.1 Å². The molecule has 0 atom stereocenters. The fourth-order valence-electron chi connectivity index (χ4n) is 6.93. The van der Waals surface area contributed by atoms with Gasteiger partial charge in [0.2, 0.25) is 0 Å². The van der Waals surface area contributed by atoms with Crippen LogP contribution in [0.25, 0.3) is 0 Å². The summed E-state index contributed by atoms with van der Waals surface area (Å²) in [6.45, 7) is 4.80. The Morgan fingerprint density at radius 2 is 0.772 bits per heavy atom. The van der Waals surface area contributed by atoms with Crippen LogP contribution in [0.15, 0.2) is 47.4 Å². The molecule has 0 spiro atoms. The molecule has 0 aromatic heterocycles. The second-order valence-corrected chi connectivity index (χ2v) is 17.1. The Labute approximate surface area is 392 Å². The number of ether oxygens (including phenoxy) is 2. The zero-order valence-electron chi connectivity index (χ0n) is 36.8. The maximum absolute atomic E-state index is 13.0. The van der Waals surface area contributed by atoms with Gasteiger partial charge in [-0.3, -0.25) is 0 Å². The summed E-state index contributed by atoms with van der Waals surface area (Å²) in [6, 6.07) is 3.15. The predicted octanol–water partition coefficient (Wildman–Crippen LogP) is 11.5. The van der Waals surface area contributed by atoms with Crippen molar-refractivity contribution in [2.24, 2.45) is 0 Å². The molecule has 57 heavy (non-hydrogen) atoms. The van der Waals surface area contributed by atoms with E-state index in [1.807, 2.05) is 0 Å². The van der Waals surface area contributed by atoms with Gasteiger partial charge in [-0.15, -0.1) is 0 Å². The molecule has 0 N–H and O–H groups in total. The van der Waals surface area contributed by atoms with Gasteiger partial charge in [-0.1, -0.05) is 192 Å². The van der Waals surface area contributed by atoms with Crippen LogP contribution in [0, 0.1) is 0 Å². The molecule has 0 saturated carbocycles. The van der Waals surface area contributed by atoms with Crippen LogP contribution in [-0.4, -0.2) is 38.1 Å². The van der Waals surface area contributed by atoms with Crippen molar-refractivity contribution in [3.8, 4) is 0 Å². The standard InChI is InChI=1S/C48H82O7S.K/c1-3-5-7-9-11-13-15-17-19-21-23-25-27-29-31-33-35-37-41-54-47(49)45-40-39-44(56(51,52)53)43-46(45)48(50)55-42-38-36-34-32-30-28-26-24-22-20-18-16-14-12-10-8-6-4-2;/h7-10,39-40,43H,3-6,11-38,41-42H2,1-2H3,(H,51,52,53);/q;+1/p-1/b9-7+,10-8+;. The third-order valence-electron chi connectivity index (χ3n) is 10.5. The van der Waals surface area contributed by atoms with Gasteiger partial charge in [0.15, 0.2) is 0 Å². The largest absolute Gasteiger partial charge is 1.00 e. The summed E-state index contributed by atoms with van der Waals surface area (Å²) in [6.07, 6.45) is 47.9. The van der Waals surface area contributed by atoms with Gasteiger partial charge in [-0.25, -0.2) is 18.0 Å². The van der Waals surface area contributed by atoms with Gasteiger partial charge in [0.25, 0.3) is 0 Å². The van der Waals surface area contributed by atoms with E-state index in [4.69, 9.17) is 9.47 Å². The van der Waals surface area contributed by atoms with E-state index >= 15 is 0 Å². The minimum atomic E-state index is -4.82. The van der Waals surface area contributed by atoms with Crippen LogP contribution in [0.5, 0.6) is 0 Å². The molecular weight excluding hydrogens is 760 g/mol. The van der Waals surface area contributed by atoms with Gasteiger partial charge < -0.3 is 14.0 Å². The van der Waals surface area contributed by atoms with E-state index in [9.17, 15) is 22.6 Å². The molecule has 0 aliphatic heterocycles. The van der Waals surface area contributed by atoms with Crippen molar-refractivity contribution in [2.45, 2.75) is 224 Å². The van der Waals surface area contributed by atoms with E-state index in [-0.39, 0.29) is 75.7 Å². The van der Waals surface area contributed by atoms with Gasteiger partial charge >= 0.3 is 63.3 Å². The molecule has 0 fully saturated rings. The van der Waals surface area contributed by atoms with E-state index in [2.05, 4.69) is 38.2 Å². The summed E-state index contributed by atoms with van der Waals surface area (Å²) in [4.78, 5) is 25.3. The first-order valence-corrected chi connectivity index (χ1v) is 24.5. The molecule has 1 aromatic rings. The Kier molecular flexibility index (Phi) is 40.0. The summed E-state index contributed by atoms with van der Waals surface area (Å²) >= 11 is 0. The first kappa shape index (κ1) is 56.2. The van der Waals surface area contributed by atoms with Gasteiger partial charge in [0, 0.05) is 0 Å². The maximum atomic E-state index is 13.0. The van der Waals surface area contributed by atoms with E-state index in [0.29, 0.717) is 12.8 Å². The molecule has 9 heteroatoms. The molecule has 0 aliphatic rings. The molecule has 0 unspecified atom stereocenters. The molecule has 0 bridgehead atoms. The second kappa shape index (κ2) is 40.6. The summed E-state index contributed by atoms with van der Waals surface area (Å²) in [5.74, 6) is -1.54. The smallest absolute Gasteiger partial charge is 0.744 e. The molecule has 0 aliphatic carbocycles. The maximum Gasteiger partial charge on any atom is 1.00 e. The minimum Gasteiger partial charge on any atom is -0.744 e. The minimum absolute atomic E-state index is 0. The third-order valence-corrected chi connectivity index (χ3v) is 11.3. The SMILES string of the molecule is CCC/C=C/CCCCCCCCCCCCCCCOC(=O)c1ccc(S(=O)(=O)[O-])cc1C(=O)OCCCCCCCCCCCCCCC/C=C/CCC.[K+]. The van der Waals surface area contributed by atoms with Crippen LogP contribution < -0.4 is 51.4 Å². The molecule has 0 heterocycles. The quantitative estimate of drug-likeness (QED) is 0.0213. The van der Waals surface area contributed by atoms with Gasteiger partial charge in [-0.2, -0.15) is 0 Å². The number of hydrogen-bond acceptors (Lipinski definition) is 7. The molecule has 0 radical (unpaired) electrons. The number of esters is 2. The fourth-order valence-corrected chi connectivity index (χ4v) is 7.43. The molecule has 1 aromatic carbocycles. The van der Waals surface area contributed by atoms with E-state index in [1.54, 1.807) is 0 Å². The van der Waals surface area contributed by atoms with Crippen molar-refractivity contribution in [1.82, 2.24) is 0 Å². The molecule has 7 nitrogen and oxygen atoms in total. The number of benzene rings is 1. The number of hydrogen-bond donors (Lipinski definition) is 0. The normalized spacial score (nSPS) is 11.7. The zero-order valence-corrected chi connectivity index (χ0v) is 40.8. The summed E-state index contributed by atoms with van der Waals surface area (Å²) < 4.78 is 45.8. The van der Waals surface area contributed by atoms with Gasteiger partial charge in [-0.05, 0) is 69.6 Å². The molecule has 1 rings (SSSR count). The number of allylic oxidation sites excluding steroid dienone is 4. The molecule has 0 amide bonds. The Morgan fingerprint density at radius 1 is 0.474 bits per heavy atom. The second-order valence-electron chi connectivity index (χ2n) is 15.7. The zero-order chi connectivity index (χ0) is 40.8. The van der Waals surface area contributed by atoms with Crippen molar-refractivity contribution in [2.75, 3.05) is 13.2 Å².